The van der Waals surface area contributed by atoms with Gasteiger partial charge in [0, 0.05) is 42.7 Å². The van der Waals surface area contributed by atoms with Crippen LogP contribution in [0.5, 0.6) is 11.5 Å². The van der Waals surface area contributed by atoms with Gasteiger partial charge in [-0.15, -0.1) is 11.8 Å². The van der Waals surface area contributed by atoms with E-state index in [2.05, 4.69) is 4.98 Å². The third-order valence-electron chi connectivity index (χ3n) is 3.98. The molecule has 0 N–H and O–H groups in total. The van der Waals surface area contributed by atoms with E-state index in [4.69, 9.17) is 9.47 Å². The van der Waals surface area contributed by atoms with Crippen LogP contribution in [-0.4, -0.2) is 35.8 Å². The van der Waals surface area contributed by atoms with Gasteiger partial charge in [0.1, 0.15) is 16.9 Å². The van der Waals surface area contributed by atoms with Crippen LogP contribution in [0.1, 0.15) is 22.9 Å². The topological polar surface area (TPSA) is 51.7 Å². The first kappa shape index (κ1) is 16.6. The summed E-state index contributed by atoms with van der Waals surface area (Å²) in [6.07, 6.45) is 4.09. The Morgan fingerprint density at radius 3 is 2.88 bits per heavy atom. The first-order valence-electron chi connectivity index (χ1n) is 7.75. The minimum absolute atomic E-state index is 0.0766. The van der Waals surface area contributed by atoms with Crippen molar-refractivity contribution in [2.75, 3.05) is 20.0 Å². The first-order valence-corrected chi connectivity index (χ1v) is 8.79. The molecule has 2 heterocycles. The van der Waals surface area contributed by atoms with Gasteiger partial charge in [-0.3, -0.25) is 9.78 Å². The Morgan fingerprint density at radius 1 is 1.29 bits per heavy atom. The molecular formula is C18H20N2O3S. The van der Waals surface area contributed by atoms with Crippen LogP contribution in [0.25, 0.3) is 0 Å². The SMILES string of the molecule is COc1ccc(C2SCCC(=O)N2Cc2cccnc2)c(OC)c1. The van der Waals surface area contributed by atoms with Gasteiger partial charge in [-0.05, 0) is 23.8 Å². The Hall–Kier alpha value is -2.21. The molecule has 1 fully saturated rings. The number of hydrogen-bond donors (Lipinski definition) is 0. The standard InChI is InChI=1S/C18H20N2O3S/c1-22-14-5-6-15(16(10-14)23-2)18-20(17(21)7-9-24-18)12-13-4-3-8-19-11-13/h3-6,8,10-11,18H,7,9,12H2,1-2H3. The molecule has 0 radical (unpaired) electrons. The van der Waals surface area contributed by atoms with Crippen LogP contribution in [0.3, 0.4) is 0 Å². The van der Waals surface area contributed by atoms with Crippen LogP contribution in [0.2, 0.25) is 0 Å². The minimum Gasteiger partial charge on any atom is -0.497 e. The molecule has 0 bridgehead atoms. The second-order valence-electron chi connectivity index (χ2n) is 5.46. The molecule has 0 spiro atoms. The highest BCUT2D eigenvalue weighted by molar-refractivity contribution is 7.99. The van der Waals surface area contributed by atoms with Crippen molar-refractivity contribution in [3.8, 4) is 11.5 Å². The number of pyridine rings is 1. The number of carbonyl (C=O) groups is 1. The van der Waals surface area contributed by atoms with Gasteiger partial charge in [-0.25, -0.2) is 0 Å². The van der Waals surface area contributed by atoms with E-state index in [0.717, 1.165) is 28.4 Å². The normalized spacial score (nSPS) is 17.7. The Kier molecular flexibility index (Phi) is 5.25. The van der Waals surface area contributed by atoms with E-state index in [1.807, 2.05) is 35.2 Å². The molecule has 2 aromatic rings. The summed E-state index contributed by atoms with van der Waals surface area (Å²) in [5.74, 6) is 2.43. The van der Waals surface area contributed by atoms with Gasteiger partial charge in [0.25, 0.3) is 0 Å². The molecule has 1 aliphatic rings. The largest absolute Gasteiger partial charge is 0.497 e. The summed E-state index contributed by atoms with van der Waals surface area (Å²) in [4.78, 5) is 18.6. The molecule has 0 saturated carbocycles. The van der Waals surface area contributed by atoms with Crippen molar-refractivity contribution in [2.24, 2.45) is 0 Å². The smallest absolute Gasteiger partial charge is 0.224 e. The number of thioether (sulfide) groups is 1. The molecule has 1 aromatic carbocycles. The third-order valence-corrected chi connectivity index (χ3v) is 5.24. The van der Waals surface area contributed by atoms with E-state index in [9.17, 15) is 4.79 Å². The predicted octanol–water partition coefficient (Wildman–Crippen LogP) is 3.26. The van der Waals surface area contributed by atoms with Gasteiger partial charge in [0.2, 0.25) is 5.91 Å². The average Bonchev–Trinajstić information content (AvgIpc) is 2.64. The van der Waals surface area contributed by atoms with Gasteiger partial charge in [-0.2, -0.15) is 0 Å². The van der Waals surface area contributed by atoms with E-state index >= 15 is 0 Å². The van der Waals surface area contributed by atoms with Crippen molar-refractivity contribution < 1.29 is 14.3 Å². The Morgan fingerprint density at radius 2 is 2.17 bits per heavy atom. The fourth-order valence-corrected chi connectivity index (χ4v) is 4.02. The van der Waals surface area contributed by atoms with E-state index in [-0.39, 0.29) is 11.3 Å². The second kappa shape index (κ2) is 7.57. The number of amides is 1. The van der Waals surface area contributed by atoms with Crippen molar-refractivity contribution in [2.45, 2.75) is 18.3 Å². The zero-order valence-electron chi connectivity index (χ0n) is 13.8. The monoisotopic (exact) mass is 344 g/mol. The fourth-order valence-electron chi connectivity index (χ4n) is 2.76. The van der Waals surface area contributed by atoms with Crippen molar-refractivity contribution in [3.05, 3.63) is 53.9 Å². The van der Waals surface area contributed by atoms with Crippen molar-refractivity contribution >= 4 is 17.7 Å². The van der Waals surface area contributed by atoms with Crippen LogP contribution in [0, 0.1) is 0 Å². The lowest BCUT2D eigenvalue weighted by atomic mass is 10.1. The highest BCUT2D eigenvalue weighted by Gasteiger charge is 2.32. The van der Waals surface area contributed by atoms with E-state index < -0.39 is 0 Å². The summed E-state index contributed by atoms with van der Waals surface area (Å²) in [5.41, 5.74) is 2.01. The molecule has 1 saturated heterocycles. The summed E-state index contributed by atoms with van der Waals surface area (Å²) >= 11 is 1.75. The summed E-state index contributed by atoms with van der Waals surface area (Å²) in [6, 6.07) is 9.61. The predicted molar refractivity (Wildman–Crippen MR) is 94.1 cm³/mol. The zero-order valence-corrected chi connectivity index (χ0v) is 14.6. The number of benzene rings is 1. The lowest BCUT2D eigenvalue weighted by Gasteiger charge is -2.36. The van der Waals surface area contributed by atoms with Gasteiger partial charge >= 0.3 is 0 Å². The maximum absolute atomic E-state index is 12.5. The highest BCUT2D eigenvalue weighted by Crippen LogP contribution is 2.43. The number of aromatic nitrogens is 1. The Bertz CT molecular complexity index is 709. The van der Waals surface area contributed by atoms with Gasteiger partial charge in [-0.1, -0.05) is 6.07 Å². The molecule has 0 aliphatic carbocycles. The minimum atomic E-state index is -0.0766. The van der Waals surface area contributed by atoms with Crippen LogP contribution < -0.4 is 9.47 Å². The summed E-state index contributed by atoms with van der Waals surface area (Å²) in [7, 11) is 3.26. The maximum Gasteiger partial charge on any atom is 0.224 e. The molecule has 1 amide bonds. The van der Waals surface area contributed by atoms with Crippen molar-refractivity contribution in [1.82, 2.24) is 9.88 Å². The molecule has 126 valence electrons. The maximum atomic E-state index is 12.5. The van der Waals surface area contributed by atoms with E-state index in [0.29, 0.717) is 13.0 Å². The lowest BCUT2D eigenvalue weighted by molar-refractivity contribution is -0.132. The van der Waals surface area contributed by atoms with Gasteiger partial charge < -0.3 is 14.4 Å². The molecule has 6 heteroatoms. The Labute approximate surface area is 146 Å². The van der Waals surface area contributed by atoms with Gasteiger partial charge in [0.15, 0.2) is 0 Å². The fraction of sp³-hybridized carbons (Fsp3) is 0.333. The quantitative estimate of drug-likeness (QED) is 0.833. The number of methoxy groups -OCH3 is 2. The van der Waals surface area contributed by atoms with Crippen LogP contribution in [0.15, 0.2) is 42.7 Å². The second-order valence-corrected chi connectivity index (χ2v) is 6.65. The Balaban J connectivity index is 1.93. The lowest BCUT2D eigenvalue weighted by Crippen LogP contribution is -2.36. The number of hydrogen-bond acceptors (Lipinski definition) is 5. The van der Waals surface area contributed by atoms with Crippen molar-refractivity contribution in [1.29, 1.82) is 0 Å². The first-order chi connectivity index (χ1) is 11.7. The van der Waals surface area contributed by atoms with Crippen LogP contribution in [-0.2, 0) is 11.3 Å². The van der Waals surface area contributed by atoms with Crippen LogP contribution in [0.4, 0.5) is 0 Å². The average molecular weight is 344 g/mol. The van der Waals surface area contributed by atoms with Crippen molar-refractivity contribution in [3.63, 3.8) is 0 Å². The molecule has 3 rings (SSSR count). The van der Waals surface area contributed by atoms with Crippen LogP contribution >= 0.6 is 11.8 Å². The highest BCUT2D eigenvalue weighted by atomic mass is 32.2. The number of carbonyl (C=O) groups excluding carboxylic acids is 1. The molecular weight excluding hydrogens is 324 g/mol. The molecule has 1 aliphatic heterocycles. The third kappa shape index (κ3) is 3.48. The molecule has 5 nitrogen and oxygen atoms in total. The number of nitrogens with zero attached hydrogens (tertiary/aromatic N) is 2. The van der Waals surface area contributed by atoms with E-state index in [1.165, 1.54) is 0 Å². The molecule has 1 unspecified atom stereocenters. The molecule has 24 heavy (non-hydrogen) atoms. The molecule has 1 atom stereocenters. The number of ether oxygens (including phenoxy) is 2. The zero-order chi connectivity index (χ0) is 16.9. The molecule has 1 aromatic heterocycles. The summed E-state index contributed by atoms with van der Waals surface area (Å²) in [6.45, 7) is 0.541. The van der Waals surface area contributed by atoms with Gasteiger partial charge in [0.05, 0.1) is 14.2 Å². The summed E-state index contributed by atoms with van der Waals surface area (Å²) < 4.78 is 10.8. The summed E-state index contributed by atoms with van der Waals surface area (Å²) in [5, 5.41) is -0.0766. The number of rotatable bonds is 5. The van der Waals surface area contributed by atoms with E-state index in [1.54, 1.807) is 38.4 Å².